The van der Waals surface area contributed by atoms with Crippen molar-refractivity contribution in [2.45, 2.75) is 14.7 Å². The van der Waals surface area contributed by atoms with E-state index in [4.69, 9.17) is 5.73 Å². The Labute approximate surface area is 176 Å². The second kappa shape index (κ2) is 7.63. The molecule has 0 fully saturated rings. The van der Waals surface area contributed by atoms with Gasteiger partial charge in [0.25, 0.3) is 30.4 Å². The molecule has 0 spiro atoms. The lowest BCUT2D eigenvalue weighted by Gasteiger charge is -2.11. The van der Waals surface area contributed by atoms with Crippen LogP contribution in [-0.2, 0) is 30.4 Å². The molecular weight excluding hydrogens is 474 g/mol. The molecule has 0 aliphatic carbocycles. The van der Waals surface area contributed by atoms with Crippen LogP contribution in [0.15, 0.2) is 73.4 Å². The number of rotatable bonds is 5. The van der Waals surface area contributed by atoms with Crippen molar-refractivity contribution in [1.82, 2.24) is 0 Å². The third kappa shape index (κ3) is 4.71. The van der Waals surface area contributed by atoms with Gasteiger partial charge in [0.05, 0.1) is 4.90 Å². The van der Waals surface area contributed by atoms with E-state index >= 15 is 0 Å². The number of fused-ring (bicyclic) bond motifs is 1. The van der Waals surface area contributed by atoms with Crippen LogP contribution in [0.1, 0.15) is 0 Å². The highest BCUT2D eigenvalue weighted by atomic mass is 32.2. The van der Waals surface area contributed by atoms with Gasteiger partial charge in [0.15, 0.2) is 0 Å². The predicted molar refractivity (Wildman–Crippen MR) is 108 cm³/mol. The first kappa shape index (κ1) is 22.7. The summed E-state index contributed by atoms with van der Waals surface area (Å²) >= 11 is 0. The monoisotopic (exact) mass is 487 g/mol. The van der Waals surface area contributed by atoms with Crippen LogP contribution < -0.4 is 5.73 Å². The molecule has 3 aromatic carbocycles. The average Bonchev–Trinajstić information content (AvgIpc) is 2.63. The summed E-state index contributed by atoms with van der Waals surface area (Å²) in [6.45, 7) is 0. The molecule has 0 atom stereocenters. The Morgan fingerprint density at radius 2 is 1.32 bits per heavy atom. The molecule has 0 saturated carbocycles. The minimum Gasteiger partial charge on any atom is -0.398 e. The number of benzene rings is 3. The van der Waals surface area contributed by atoms with E-state index in [0.717, 1.165) is 24.3 Å². The van der Waals surface area contributed by atoms with Gasteiger partial charge in [0.2, 0.25) is 0 Å². The van der Waals surface area contributed by atoms with Gasteiger partial charge < -0.3 is 5.73 Å². The first-order chi connectivity index (χ1) is 14.2. The van der Waals surface area contributed by atoms with Crippen molar-refractivity contribution < 1.29 is 38.9 Å². The van der Waals surface area contributed by atoms with Crippen LogP contribution >= 0.6 is 0 Å². The molecule has 3 rings (SSSR count). The van der Waals surface area contributed by atoms with Crippen LogP contribution in [0.5, 0.6) is 0 Å². The van der Waals surface area contributed by atoms with Crippen LogP contribution in [0.3, 0.4) is 0 Å². The topological polar surface area (TPSA) is 214 Å². The van der Waals surface area contributed by atoms with Crippen molar-refractivity contribution in [2.75, 3.05) is 5.73 Å². The van der Waals surface area contributed by atoms with E-state index in [1.807, 2.05) is 0 Å². The number of nitrogens with zero attached hydrogens (tertiary/aromatic N) is 2. The zero-order chi connectivity index (χ0) is 23.2. The molecule has 12 nitrogen and oxygen atoms in total. The fourth-order valence-electron chi connectivity index (χ4n) is 2.78. The van der Waals surface area contributed by atoms with E-state index in [9.17, 15) is 38.9 Å². The van der Waals surface area contributed by atoms with E-state index in [1.54, 1.807) is 0 Å². The first-order valence-corrected chi connectivity index (χ1v) is 12.3. The van der Waals surface area contributed by atoms with Crippen molar-refractivity contribution in [1.29, 1.82) is 0 Å². The predicted octanol–water partition coefficient (Wildman–Crippen LogP) is 2.58. The molecule has 15 heteroatoms. The summed E-state index contributed by atoms with van der Waals surface area (Å²) < 4.78 is 97.9. The zero-order valence-electron chi connectivity index (χ0n) is 15.1. The molecule has 0 saturated heterocycles. The van der Waals surface area contributed by atoms with Crippen molar-refractivity contribution in [3.8, 4) is 0 Å². The number of anilines is 1. The third-order valence-electron chi connectivity index (χ3n) is 4.02. The lowest BCUT2D eigenvalue weighted by atomic mass is 10.1. The number of nitrogens with two attached hydrogens (primary N) is 1. The normalized spacial score (nSPS) is 13.1. The minimum atomic E-state index is -4.99. The Morgan fingerprint density at radius 3 is 1.90 bits per heavy atom. The molecule has 0 bridgehead atoms. The lowest BCUT2D eigenvalue weighted by Crippen LogP contribution is -2.04. The van der Waals surface area contributed by atoms with Crippen LogP contribution in [0.2, 0.25) is 0 Å². The SMILES string of the molecule is Nc1cc(S(=O)(=O)O)cc2ccc(N=Nc3ccccc3S(=O)(=O)O)c(S(=O)(=O)O)c12. The average molecular weight is 487 g/mol. The van der Waals surface area contributed by atoms with Gasteiger partial charge in [-0.1, -0.05) is 18.2 Å². The summed E-state index contributed by atoms with van der Waals surface area (Å²) in [5.74, 6) is 0. The Morgan fingerprint density at radius 1 is 0.710 bits per heavy atom. The molecular formula is C16H13N3O9S3. The standard InChI is InChI=1S/C16H13N3O9S3/c17-11-8-10(29(20,21)22)7-9-5-6-13(16(15(9)11)31(26,27)28)19-18-12-3-1-2-4-14(12)30(23,24)25/h1-8H,17H2,(H,20,21,22)(H,23,24,25)(H,26,27,28). The highest BCUT2D eigenvalue weighted by molar-refractivity contribution is 7.86. The number of hydrogen-bond donors (Lipinski definition) is 4. The maximum absolute atomic E-state index is 12.0. The Bertz CT molecular complexity index is 1560. The third-order valence-corrected chi connectivity index (χ3v) is 6.68. The van der Waals surface area contributed by atoms with Crippen LogP contribution in [0, 0.1) is 0 Å². The smallest absolute Gasteiger partial charge is 0.297 e. The molecule has 5 N–H and O–H groups in total. The van der Waals surface area contributed by atoms with Crippen molar-refractivity contribution in [3.63, 3.8) is 0 Å². The van der Waals surface area contributed by atoms with Gasteiger partial charge in [-0.15, -0.1) is 10.2 Å². The van der Waals surface area contributed by atoms with E-state index in [2.05, 4.69) is 10.2 Å². The largest absolute Gasteiger partial charge is 0.398 e. The van der Waals surface area contributed by atoms with E-state index < -0.39 is 56.4 Å². The van der Waals surface area contributed by atoms with Crippen LogP contribution in [0.25, 0.3) is 10.8 Å². The Balaban J connectivity index is 2.31. The van der Waals surface area contributed by atoms with Gasteiger partial charge in [-0.25, -0.2) is 0 Å². The summed E-state index contributed by atoms with van der Waals surface area (Å²) in [6.07, 6.45) is 0. The number of nitrogen functional groups attached to an aromatic ring is 1. The first-order valence-electron chi connectivity index (χ1n) is 7.99. The molecule has 0 radical (unpaired) electrons. The summed E-state index contributed by atoms with van der Waals surface area (Å²) in [7, 11) is -14.3. The molecule has 0 unspecified atom stereocenters. The maximum Gasteiger partial charge on any atom is 0.297 e. The van der Waals surface area contributed by atoms with E-state index in [1.165, 1.54) is 24.3 Å². The van der Waals surface area contributed by atoms with Gasteiger partial charge >= 0.3 is 0 Å². The van der Waals surface area contributed by atoms with E-state index in [-0.39, 0.29) is 16.5 Å². The Kier molecular flexibility index (Phi) is 5.59. The fourth-order valence-corrected chi connectivity index (χ4v) is 4.82. The molecule has 31 heavy (non-hydrogen) atoms. The maximum atomic E-state index is 12.0. The second-order valence-electron chi connectivity index (χ2n) is 6.12. The van der Waals surface area contributed by atoms with Crippen LogP contribution in [0.4, 0.5) is 17.1 Å². The molecule has 0 aromatic heterocycles. The molecule has 0 amide bonds. The summed E-state index contributed by atoms with van der Waals surface area (Å²) in [6, 6.07) is 8.93. The molecule has 0 heterocycles. The van der Waals surface area contributed by atoms with Crippen molar-refractivity contribution >= 4 is 58.2 Å². The Hall–Kier alpha value is -2.95. The van der Waals surface area contributed by atoms with Crippen LogP contribution in [-0.4, -0.2) is 38.9 Å². The van der Waals surface area contributed by atoms with Crippen molar-refractivity contribution in [3.05, 3.63) is 48.5 Å². The minimum absolute atomic E-state index is 0.0578. The number of azo groups is 1. The number of hydrogen-bond acceptors (Lipinski definition) is 9. The second-order valence-corrected chi connectivity index (χ2v) is 10.3. The van der Waals surface area contributed by atoms with Crippen molar-refractivity contribution in [2.24, 2.45) is 10.2 Å². The van der Waals surface area contributed by atoms with Gasteiger partial charge in [-0.05, 0) is 35.7 Å². The molecule has 164 valence electrons. The molecule has 0 aliphatic rings. The van der Waals surface area contributed by atoms with Gasteiger partial charge in [0, 0.05) is 11.1 Å². The lowest BCUT2D eigenvalue weighted by molar-refractivity contribution is 0.481. The highest BCUT2D eigenvalue weighted by Gasteiger charge is 2.24. The quantitative estimate of drug-likeness (QED) is 0.234. The van der Waals surface area contributed by atoms with Gasteiger partial charge in [-0.3, -0.25) is 13.7 Å². The highest BCUT2D eigenvalue weighted by Crippen LogP contribution is 2.38. The summed E-state index contributed by atoms with van der Waals surface area (Å²) in [5, 5.41) is 6.96. The zero-order valence-corrected chi connectivity index (χ0v) is 17.6. The van der Waals surface area contributed by atoms with E-state index in [0.29, 0.717) is 0 Å². The van der Waals surface area contributed by atoms with Gasteiger partial charge in [-0.2, -0.15) is 25.3 Å². The molecule has 3 aromatic rings. The summed E-state index contributed by atoms with van der Waals surface area (Å²) in [5.41, 5.74) is 4.59. The fraction of sp³-hybridized carbons (Fsp3) is 0. The molecule has 0 aliphatic heterocycles. The van der Waals surface area contributed by atoms with Gasteiger partial charge in [0.1, 0.15) is 21.2 Å². The summed E-state index contributed by atoms with van der Waals surface area (Å²) in [4.78, 5) is -2.02.